The fraction of sp³-hybridized carbons (Fsp3) is 0.350. The van der Waals surface area contributed by atoms with Gasteiger partial charge in [-0.15, -0.1) is 23.1 Å². The highest BCUT2D eigenvalue weighted by molar-refractivity contribution is 7.99. The number of rotatable bonds is 8. The first kappa shape index (κ1) is 19.9. The monoisotopic (exact) mass is 433 g/mol. The van der Waals surface area contributed by atoms with Crippen LogP contribution in [0.4, 0.5) is 4.39 Å². The molecule has 6 nitrogen and oxygen atoms in total. The smallest absolute Gasteiger partial charge is 0.259 e. The molecule has 0 radical (unpaired) electrons. The van der Waals surface area contributed by atoms with Crippen LogP contribution in [0.3, 0.4) is 0 Å². The van der Waals surface area contributed by atoms with E-state index in [1.54, 1.807) is 23.5 Å². The summed E-state index contributed by atoms with van der Waals surface area (Å²) in [6.07, 6.45) is 3.10. The first-order valence-corrected chi connectivity index (χ1v) is 11.3. The number of benzene rings is 1. The zero-order chi connectivity index (χ0) is 20.2. The molecule has 1 amide bonds. The van der Waals surface area contributed by atoms with Gasteiger partial charge >= 0.3 is 0 Å². The van der Waals surface area contributed by atoms with Crippen LogP contribution in [0.25, 0.3) is 10.2 Å². The molecule has 1 aromatic carbocycles. The maximum absolute atomic E-state index is 12.8. The van der Waals surface area contributed by atoms with E-state index in [-0.39, 0.29) is 23.0 Å². The Hall–Kier alpha value is -2.39. The fourth-order valence-corrected chi connectivity index (χ4v) is 5.30. The molecule has 1 aliphatic carbocycles. The maximum Gasteiger partial charge on any atom is 0.259 e. The number of aromatic amines is 1. The quantitative estimate of drug-likeness (QED) is 0.534. The molecule has 0 aliphatic heterocycles. The van der Waals surface area contributed by atoms with Gasteiger partial charge in [0.05, 0.1) is 23.4 Å². The Bertz CT molecular complexity index is 1080. The zero-order valence-corrected chi connectivity index (χ0v) is 17.3. The Balaban J connectivity index is 1.21. The minimum atomic E-state index is -0.319. The van der Waals surface area contributed by atoms with Gasteiger partial charge in [-0.1, -0.05) is 0 Å². The molecular formula is C20H20FN3O3S2. The molecule has 0 saturated carbocycles. The van der Waals surface area contributed by atoms with Gasteiger partial charge in [0, 0.05) is 4.88 Å². The molecule has 2 aromatic heterocycles. The van der Waals surface area contributed by atoms with E-state index < -0.39 is 0 Å². The highest BCUT2D eigenvalue weighted by Crippen LogP contribution is 2.34. The minimum absolute atomic E-state index is 0.0765. The molecule has 0 saturated heterocycles. The van der Waals surface area contributed by atoms with Crippen molar-refractivity contribution < 1.29 is 13.9 Å². The van der Waals surface area contributed by atoms with Crippen molar-refractivity contribution in [2.24, 2.45) is 0 Å². The minimum Gasteiger partial charge on any atom is -0.492 e. The van der Waals surface area contributed by atoms with Gasteiger partial charge in [-0.25, -0.2) is 9.37 Å². The molecule has 152 valence electrons. The molecule has 1 aliphatic rings. The summed E-state index contributed by atoms with van der Waals surface area (Å²) in [4.78, 5) is 33.9. The van der Waals surface area contributed by atoms with E-state index in [0.717, 1.165) is 29.5 Å². The number of hydrogen-bond acceptors (Lipinski definition) is 6. The highest BCUT2D eigenvalue weighted by atomic mass is 32.2. The lowest BCUT2D eigenvalue weighted by Crippen LogP contribution is -2.29. The number of ether oxygens (including phenoxy) is 1. The van der Waals surface area contributed by atoms with E-state index in [2.05, 4.69) is 15.3 Å². The zero-order valence-electron chi connectivity index (χ0n) is 15.6. The highest BCUT2D eigenvalue weighted by Gasteiger charge is 2.21. The molecule has 0 bridgehead atoms. The Morgan fingerprint density at radius 2 is 2.14 bits per heavy atom. The van der Waals surface area contributed by atoms with Crippen LogP contribution in [-0.4, -0.2) is 34.8 Å². The lowest BCUT2D eigenvalue weighted by molar-refractivity contribution is -0.118. The number of nitrogens with one attached hydrogen (secondary N) is 2. The van der Waals surface area contributed by atoms with Crippen molar-refractivity contribution in [2.75, 3.05) is 18.9 Å². The van der Waals surface area contributed by atoms with E-state index in [9.17, 15) is 14.0 Å². The van der Waals surface area contributed by atoms with Crippen LogP contribution in [0.1, 0.15) is 22.7 Å². The molecule has 9 heteroatoms. The van der Waals surface area contributed by atoms with Gasteiger partial charge in [0.25, 0.3) is 5.56 Å². The number of halogens is 1. The van der Waals surface area contributed by atoms with E-state index in [1.807, 2.05) is 0 Å². The average Bonchev–Trinajstić information content (AvgIpc) is 3.27. The number of aryl methyl sites for hydroxylation is 2. The first-order chi connectivity index (χ1) is 14.1. The maximum atomic E-state index is 12.8. The molecule has 0 fully saturated rings. The predicted molar refractivity (Wildman–Crippen MR) is 113 cm³/mol. The van der Waals surface area contributed by atoms with Crippen LogP contribution in [0, 0.1) is 5.82 Å². The van der Waals surface area contributed by atoms with Gasteiger partial charge in [0.1, 0.15) is 28.8 Å². The third kappa shape index (κ3) is 4.79. The van der Waals surface area contributed by atoms with Gasteiger partial charge in [0.15, 0.2) is 0 Å². The normalized spacial score (nSPS) is 12.9. The number of thiophene rings is 1. The van der Waals surface area contributed by atoms with Crippen LogP contribution >= 0.6 is 23.1 Å². The van der Waals surface area contributed by atoms with E-state index in [1.165, 1.54) is 34.3 Å². The van der Waals surface area contributed by atoms with Crippen molar-refractivity contribution in [2.45, 2.75) is 25.0 Å². The lowest BCUT2D eigenvalue weighted by atomic mass is 10.2. The Morgan fingerprint density at radius 3 is 2.97 bits per heavy atom. The van der Waals surface area contributed by atoms with Crippen LogP contribution in [0.2, 0.25) is 0 Å². The van der Waals surface area contributed by atoms with Crippen molar-refractivity contribution in [1.29, 1.82) is 0 Å². The Kier molecular flexibility index (Phi) is 6.15. The molecule has 3 aromatic rings. The largest absolute Gasteiger partial charge is 0.492 e. The van der Waals surface area contributed by atoms with Gasteiger partial charge in [-0.05, 0) is 49.1 Å². The number of carbonyl (C=O) groups is 1. The number of carbonyl (C=O) groups excluding carboxylic acids is 1. The number of H-pyrrole nitrogens is 1. The van der Waals surface area contributed by atoms with E-state index in [0.29, 0.717) is 30.5 Å². The number of fused-ring (bicyclic) bond motifs is 3. The molecule has 0 unspecified atom stereocenters. The van der Waals surface area contributed by atoms with Crippen molar-refractivity contribution in [3.05, 3.63) is 56.7 Å². The van der Waals surface area contributed by atoms with Crippen molar-refractivity contribution in [3.63, 3.8) is 0 Å². The number of thioether (sulfide) groups is 1. The second-order valence-corrected chi connectivity index (χ2v) is 8.76. The van der Waals surface area contributed by atoms with Crippen molar-refractivity contribution >= 4 is 39.2 Å². The summed E-state index contributed by atoms with van der Waals surface area (Å²) in [7, 11) is 0. The average molecular weight is 434 g/mol. The Morgan fingerprint density at radius 1 is 1.31 bits per heavy atom. The Labute approximate surface area is 174 Å². The fourth-order valence-electron chi connectivity index (χ4n) is 3.30. The summed E-state index contributed by atoms with van der Waals surface area (Å²) in [5, 5.41) is 3.51. The third-order valence-corrected chi connectivity index (χ3v) is 6.73. The number of amides is 1. The lowest BCUT2D eigenvalue weighted by Gasteiger charge is -2.07. The molecule has 2 heterocycles. The molecular weight excluding hydrogens is 413 g/mol. The SMILES string of the molecule is O=C(CSCc1nc2sc3c(c2c(=O)[nH]1)CCC3)NCCOc1ccc(F)cc1. The van der Waals surface area contributed by atoms with E-state index >= 15 is 0 Å². The molecule has 0 atom stereocenters. The van der Waals surface area contributed by atoms with Crippen LogP contribution in [0.15, 0.2) is 29.1 Å². The topological polar surface area (TPSA) is 84.1 Å². The third-order valence-electron chi connectivity index (χ3n) is 4.60. The molecule has 29 heavy (non-hydrogen) atoms. The summed E-state index contributed by atoms with van der Waals surface area (Å²) < 4.78 is 18.2. The summed E-state index contributed by atoms with van der Waals surface area (Å²) in [5.74, 6) is 1.45. The second kappa shape index (κ2) is 8.96. The predicted octanol–water partition coefficient (Wildman–Crippen LogP) is 3.04. The second-order valence-electron chi connectivity index (χ2n) is 6.70. The van der Waals surface area contributed by atoms with Crippen LogP contribution in [0.5, 0.6) is 5.75 Å². The van der Waals surface area contributed by atoms with Crippen molar-refractivity contribution in [3.8, 4) is 5.75 Å². The number of aromatic nitrogens is 2. The van der Waals surface area contributed by atoms with Crippen LogP contribution < -0.4 is 15.6 Å². The summed E-state index contributed by atoms with van der Waals surface area (Å²) in [6, 6.07) is 5.73. The van der Waals surface area contributed by atoms with Crippen LogP contribution in [-0.2, 0) is 23.4 Å². The van der Waals surface area contributed by atoms with Gasteiger partial charge in [0.2, 0.25) is 5.91 Å². The van der Waals surface area contributed by atoms with Crippen molar-refractivity contribution in [1.82, 2.24) is 15.3 Å². The number of hydrogen-bond donors (Lipinski definition) is 2. The molecule has 2 N–H and O–H groups in total. The van der Waals surface area contributed by atoms with Gasteiger partial charge in [-0.2, -0.15) is 0 Å². The van der Waals surface area contributed by atoms with Gasteiger partial charge < -0.3 is 15.0 Å². The summed E-state index contributed by atoms with van der Waals surface area (Å²) >= 11 is 3.01. The summed E-state index contributed by atoms with van der Waals surface area (Å²) in [6.45, 7) is 0.662. The molecule has 0 spiro atoms. The standard InChI is InChI=1S/C20H20FN3O3S2/c21-12-4-6-13(7-5-12)27-9-8-22-17(25)11-28-10-16-23-19(26)18-14-2-1-3-15(14)29-20(18)24-16/h4-7H,1-3,8-11H2,(H,22,25)(H,23,24,26). The summed E-state index contributed by atoms with van der Waals surface area (Å²) in [5.41, 5.74) is 1.09. The van der Waals surface area contributed by atoms with E-state index in [4.69, 9.17) is 4.74 Å². The van der Waals surface area contributed by atoms with Gasteiger partial charge in [-0.3, -0.25) is 9.59 Å². The first-order valence-electron chi connectivity index (χ1n) is 9.36. The molecule has 4 rings (SSSR count). The number of nitrogens with zero attached hydrogens (tertiary/aromatic N) is 1.